The Kier molecular flexibility index (Phi) is 10.7. The lowest BCUT2D eigenvalue weighted by Gasteiger charge is -2.10. The number of rotatable bonds is 10. The van der Waals surface area contributed by atoms with E-state index in [4.69, 9.17) is 0 Å². The number of H-pyrrole nitrogens is 1. The molecule has 2 N–H and O–H groups in total. The molecule has 0 radical (unpaired) electrons. The van der Waals surface area contributed by atoms with E-state index in [1.54, 1.807) is 18.6 Å². The van der Waals surface area contributed by atoms with Gasteiger partial charge >= 0.3 is 17.4 Å². The third-order valence-electron chi connectivity index (χ3n) is 3.37. The molecule has 146 valence electrons. The van der Waals surface area contributed by atoms with Crippen molar-refractivity contribution in [1.82, 2.24) is 4.98 Å². The topological polar surface area (TPSA) is 74.0 Å². The highest BCUT2D eigenvalue weighted by molar-refractivity contribution is 7.85. The van der Waals surface area contributed by atoms with Gasteiger partial charge < -0.3 is 17.3 Å². The zero-order chi connectivity index (χ0) is 19.5. The van der Waals surface area contributed by atoms with Crippen LogP contribution in [0.1, 0.15) is 62.9 Å². The summed E-state index contributed by atoms with van der Waals surface area (Å²) in [6.45, 7) is 5.77. The zero-order valence-electron chi connectivity index (χ0n) is 14.2. The molecule has 0 spiro atoms. The average molecular weight is 388 g/mol. The van der Waals surface area contributed by atoms with Crippen LogP contribution in [0.2, 0.25) is 0 Å². The maximum absolute atomic E-state index is 11.5. The van der Waals surface area contributed by atoms with Crippen LogP contribution in [0.15, 0.2) is 19.1 Å². The molecule has 0 fully saturated rings. The summed E-state index contributed by atoms with van der Waals surface area (Å²) in [7, 11) is -10.1. The molecule has 1 aromatic heterocycles. The normalized spacial score (nSPS) is 13.0. The lowest BCUT2D eigenvalue weighted by molar-refractivity contribution is -0.701. The van der Waals surface area contributed by atoms with Gasteiger partial charge in [-0.1, -0.05) is 45.6 Å². The van der Waals surface area contributed by atoms with Crippen LogP contribution in [-0.2, 0) is 10.1 Å². The van der Waals surface area contributed by atoms with Crippen LogP contribution in [0, 0.1) is 0 Å². The molecule has 11 heteroatoms. The number of hydrogen-bond acceptors (Lipinski definition) is 2. The molecule has 5 nitrogen and oxygen atoms in total. The van der Waals surface area contributed by atoms with Crippen LogP contribution < -0.4 is 4.57 Å². The molecule has 0 aliphatic rings. The number of unbranched alkanes of at least 4 members (excludes halogenated alkanes) is 5. The molecular formula is C14H25BF4N2O3S. The minimum atomic E-state index is -6.00. The molecule has 1 rings (SSSR count). The zero-order valence-corrected chi connectivity index (χ0v) is 15.0. The first kappa shape index (κ1) is 23.6. The van der Waals surface area contributed by atoms with E-state index in [0.29, 0.717) is 6.42 Å². The molecule has 0 amide bonds. The van der Waals surface area contributed by atoms with Crippen molar-refractivity contribution in [3.63, 3.8) is 0 Å². The summed E-state index contributed by atoms with van der Waals surface area (Å²) in [6.07, 6.45) is 11.7. The summed E-state index contributed by atoms with van der Waals surface area (Å²) < 4.78 is 72.8. The average Bonchev–Trinajstić information content (AvgIpc) is 2.91. The van der Waals surface area contributed by atoms with E-state index in [9.17, 15) is 30.2 Å². The number of aromatic amines is 1. The number of imidazole rings is 1. The summed E-state index contributed by atoms with van der Waals surface area (Å²) in [5.41, 5.74) is 0.724. The van der Waals surface area contributed by atoms with E-state index >= 15 is 0 Å². The SMILES string of the molecule is C=Cc1c[n+](C(CCCCCCCC)S(=O)(=O)O)c[nH]1.F[B-](F)(F)F. The minimum Gasteiger partial charge on any atom is -0.418 e. The molecule has 0 aliphatic heterocycles. The first-order valence-electron chi connectivity index (χ1n) is 8.04. The predicted molar refractivity (Wildman–Crippen MR) is 89.8 cm³/mol. The van der Waals surface area contributed by atoms with Gasteiger partial charge in [-0.25, -0.2) is 9.55 Å². The Bertz CT molecular complexity index is 599. The number of nitrogens with one attached hydrogen (secondary N) is 1. The monoisotopic (exact) mass is 388 g/mol. The highest BCUT2D eigenvalue weighted by Gasteiger charge is 2.29. The van der Waals surface area contributed by atoms with Gasteiger partial charge in [0.05, 0.1) is 0 Å². The van der Waals surface area contributed by atoms with Gasteiger partial charge in [0, 0.05) is 6.42 Å². The number of nitrogens with zero attached hydrogens (tertiary/aromatic N) is 1. The van der Waals surface area contributed by atoms with Crippen molar-refractivity contribution in [2.75, 3.05) is 0 Å². The van der Waals surface area contributed by atoms with Gasteiger partial charge in [-0.15, -0.1) is 0 Å². The summed E-state index contributed by atoms with van der Waals surface area (Å²) in [5, 5.41) is -0.918. The summed E-state index contributed by atoms with van der Waals surface area (Å²) in [5.74, 6) is 0. The molecule has 0 bridgehead atoms. The fourth-order valence-electron chi connectivity index (χ4n) is 2.21. The highest BCUT2D eigenvalue weighted by Crippen LogP contribution is 2.17. The van der Waals surface area contributed by atoms with Crippen LogP contribution in [-0.4, -0.2) is 25.2 Å². The van der Waals surface area contributed by atoms with Gasteiger partial charge in [-0.3, -0.25) is 4.55 Å². The summed E-state index contributed by atoms with van der Waals surface area (Å²) >= 11 is 0. The molecule has 1 unspecified atom stereocenters. The minimum absolute atomic E-state index is 0.421. The van der Waals surface area contributed by atoms with Crippen molar-refractivity contribution in [2.24, 2.45) is 0 Å². The van der Waals surface area contributed by atoms with Crippen LogP contribution in [0.3, 0.4) is 0 Å². The Labute approximate surface area is 146 Å². The third kappa shape index (κ3) is 12.6. The predicted octanol–water partition coefficient (Wildman–Crippen LogP) is 4.38. The van der Waals surface area contributed by atoms with Crippen molar-refractivity contribution in [2.45, 2.75) is 57.2 Å². The number of aromatic nitrogens is 2. The Morgan fingerprint density at radius 3 is 2.20 bits per heavy atom. The molecule has 0 aromatic carbocycles. The fraction of sp³-hybridized carbons (Fsp3) is 0.643. The van der Waals surface area contributed by atoms with Crippen molar-refractivity contribution in [3.05, 3.63) is 24.8 Å². The van der Waals surface area contributed by atoms with E-state index < -0.39 is 22.7 Å². The summed E-state index contributed by atoms with van der Waals surface area (Å²) in [6, 6.07) is 0. The van der Waals surface area contributed by atoms with Gasteiger partial charge in [-0.05, 0) is 12.5 Å². The van der Waals surface area contributed by atoms with Crippen molar-refractivity contribution >= 4 is 23.4 Å². The number of hydrogen-bond donors (Lipinski definition) is 2. The summed E-state index contributed by atoms with van der Waals surface area (Å²) in [4.78, 5) is 2.90. The lowest BCUT2D eigenvalue weighted by atomic mass is 10.1. The van der Waals surface area contributed by atoms with Crippen LogP contribution in [0.4, 0.5) is 17.3 Å². The largest absolute Gasteiger partial charge is 0.673 e. The maximum Gasteiger partial charge on any atom is 0.673 e. The van der Waals surface area contributed by atoms with E-state index in [1.165, 1.54) is 23.8 Å². The standard InChI is InChI=1S/C14H24N2O3S.BF4/c1-3-5-6-7-8-9-10-14(20(17,18)19)16-11-13(4-2)15-12-16;2-1(3,4)5/h4,11-12,14H,2-3,5-10H2,1H3,(H,17,18,19);/q;-1/p+1. The van der Waals surface area contributed by atoms with E-state index in [1.807, 2.05) is 0 Å². The van der Waals surface area contributed by atoms with Crippen LogP contribution in [0.25, 0.3) is 6.08 Å². The molecule has 0 saturated carbocycles. The smallest absolute Gasteiger partial charge is 0.418 e. The Morgan fingerprint density at radius 1 is 1.24 bits per heavy atom. The fourth-order valence-corrected chi connectivity index (χ4v) is 3.11. The van der Waals surface area contributed by atoms with Crippen molar-refractivity contribution in [1.29, 1.82) is 0 Å². The second-order valence-corrected chi connectivity index (χ2v) is 7.10. The van der Waals surface area contributed by atoms with Crippen LogP contribution >= 0.6 is 0 Å². The van der Waals surface area contributed by atoms with Gasteiger partial charge in [-0.2, -0.15) is 8.42 Å². The first-order chi connectivity index (χ1) is 11.5. The van der Waals surface area contributed by atoms with Gasteiger partial charge in [0.15, 0.2) is 5.69 Å². The van der Waals surface area contributed by atoms with E-state index in [0.717, 1.165) is 25.0 Å². The first-order valence-corrected chi connectivity index (χ1v) is 9.54. The second-order valence-electron chi connectivity index (χ2n) is 5.53. The molecule has 0 aliphatic carbocycles. The molecule has 25 heavy (non-hydrogen) atoms. The molecule has 1 aromatic rings. The van der Waals surface area contributed by atoms with Gasteiger partial charge in [0.2, 0.25) is 11.7 Å². The Hall–Kier alpha value is -1.36. The van der Waals surface area contributed by atoms with Gasteiger partial charge in [0.25, 0.3) is 0 Å². The molecule has 1 heterocycles. The lowest BCUT2D eigenvalue weighted by Crippen LogP contribution is -2.42. The molecule has 1 atom stereocenters. The molecular weight excluding hydrogens is 363 g/mol. The van der Waals surface area contributed by atoms with E-state index in [-0.39, 0.29) is 0 Å². The maximum atomic E-state index is 11.5. The van der Waals surface area contributed by atoms with Crippen LogP contribution in [0.5, 0.6) is 0 Å². The highest BCUT2D eigenvalue weighted by atomic mass is 32.2. The quantitative estimate of drug-likeness (QED) is 0.205. The Morgan fingerprint density at radius 2 is 1.76 bits per heavy atom. The van der Waals surface area contributed by atoms with E-state index in [2.05, 4.69) is 18.5 Å². The van der Waals surface area contributed by atoms with Crippen molar-refractivity contribution in [3.8, 4) is 0 Å². The Balaban J connectivity index is 0.00000101. The van der Waals surface area contributed by atoms with Gasteiger partial charge in [0.1, 0.15) is 6.20 Å². The van der Waals surface area contributed by atoms with Crippen molar-refractivity contribution < 1.29 is 34.8 Å². The third-order valence-corrected chi connectivity index (χ3v) is 4.54. The second kappa shape index (κ2) is 11.3. The number of halogens is 4. The molecule has 0 saturated heterocycles.